The highest BCUT2D eigenvalue weighted by Crippen LogP contribution is 2.38. The molecule has 0 bridgehead atoms. The number of aryl methyl sites for hydroxylation is 1. The molecule has 1 aromatic carbocycles. The van der Waals surface area contributed by atoms with Gasteiger partial charge in [-0.2, -0.15) is 11.8 Å². The van der Waals surface area contributed by atoms with E-state index in [4.69, 9.17) is 4.74 Å². The Labute approximate surface area is 127 Å². The van der Waals surface area contributed by atoms with Crippen molar-refractivity contribution in [3.05, 3.63) is 29.3 Å². The molecule has 0 spiro atoms. The van der Waals surface area contributed by atoms with Crippen LogP contribution in [0.15, 0.2) is 18.2 Å². The molecule has 0 aliphatic heterocycles. The molecular weight excluding hydrogens is 266 g/mol. The van der Waals surface area contributed by atoms with Crippen LogP contribution < -0.4 is 10.1 Å². The fourth-order valence-corrected chi connectivity index (χ4v) is 4.08. The lowest BCUT2D eigenvalue weighted by Gasteiger charge is -2.36. The van der Waals surface area contributed by atoms with E-state index in [1.165, 1.54) is 43.2 Å². The predicted molar refractivity (Wildman–Crippen MR) is 88.8 cm³/mol. The van der Waals surface area contributed by atoms with Gasteiger partial charge >= 0.3 is 0 Å². The monoisotopic (exact) mass is 293 g/mol. The molecule has 1 aromatic rings. The van der Waals surface area contributed by atoms with Crippen molar-refractivity contribution in [2.24, 2.45) is 0 Å². The van der Waals surface area contributed by atoms with Crippen LogP contribution in [0.1, 0.15) is 43.2 Å². The van der Waals surface area contributed by atoms with Gasteiger partial charge in [-0.25, -0.2) is 0 Å². The quantitative estimate of drug-likeness (QED) is 0.851. The van der Waals surface area contributed by atoms with E-state index in [2.05, 4.69) is 48.5 Å². The van der Waals surface area contributed by atoms with Gasteiger partial charge in [0, 0.05) is 17.8 Å². The van der Waals surface area contributed by atoms with Gasteiger partial charge in [0.2, 0.25) is 0 Å². The first-order valence-electron chi connectivity index (χ1n) is 7.58. The summed E-state index contributed by atoms with van der Waals surface area (Å²) in [4.78, 5) is 0. The minimum atomic E-state index is 0.472. The summed E-state index contributed by atoms with van der Waals surface area (Å²) >= 11 is 2.06. The molecule has 1 fully saturated rings. The smallest absolute Gasteiger partial charge is 0.121 e. The highest BCUT2D eigenvalue weighted by molar-refractivity contribution is 8.00. The van der Waals surface area contributed by atoms with Gasteiger partial charge in [-0.15, -0.1) is 0 Å². The van der Waals surface area contributed by atoms with E-state index in [9.17, 15) is 0 Å². The second-order valence-electron chi connectivity index (χ2n) is 5.86. The maximum absolute atomic E-state index is 5.31. The molecule has 112 valence electrons. The van der Waals surface area contributed by atoms with Crippen molar-refractivity contribution in [2.75, 3.05) is 19.9 Å². The van der Waals surface area contributed by atoms with Gasteiger partial charge in [0.15, 0.2) is 0 Å². The van der Waals surface area contributed by atoms with Crippen LogP contribution >= 0.6 is 11.8 Å². The summed E-state index contributed by atoms with van der Waals surface area (Å²) in [6, 6.07) is 6.45. The minimum Gasteiger partial charge on any atom is -0.496 e. The van der Waals surface area contributed by atoms with Crippen molar-refractivity contribution in [2.45, 2.75) is 50.3 Å². The molecule has 1 aliphatic carbocycles. The van der Waals surface area contributed by atoms with Crippen LogP contribution in [0.2, 0.25) is 0 Å². The highest BCUT2D eigenvalue weighted by Gasteiger charge is 2.30. The zero-order valence-electron chi connectivity index (χ0n) is 13.0. The molecule has 0 atom stereocenters. The number of ether oxygens (including phenoxy) is 1. The molecule has 0 aromatic heterocycles. The first-order chi connectivity index (χ1) is 9.69. The van der Waals surface area contributed by atoms with E-state index in [0.29, 0.717) is 4.75 Å². The summed E-state index contributed by atoms with van der Waals surface area (Å²) in [7, 11) is 1.73. The summed E-state index contributed by atoms with van der Waals surface area (Å²) in [6.45, 7) is 4.18. The normalized spacial score (nSPS) is 17.9. The number of nitrogens with one attached hydrogen (secondary N) is 1. The molecule has 0 unspecified atom stereocenters. The average molecular weight is 293 g/mol. The molecule has 1 N–H and O–H groups in total. The highest BCUT2D eigenvalue weighted by atomic mass is 32.2. The largest absolute Gasteiger partial charge is 0.496 e. The van der Waals surface area contributed by atoms with Crippen LogP contribution in [0.5, 0.6) is 5.75 Å². The molecule has 2 nitrogen and oxygen atoms in total. The van der Waals surface area contributed by atoms with Crippen LogP contribution in [-0.2, 0) is 6.54 Å². The molecule has 0 heterocycles. The summed E-state index contributed by atoms with van der Waals surface area (Å²) in [5.41, 5.74) is 2.56. The Balaban J connectivity index is 1.87. The maximum atomic E-state index is 5.31. The van der Waals surface area contributed by atoms with Gasteiger partial charge in [0.25, 0.3) is 0 Å². The van der Waals surface area contributed by atoms with Gasteiger partial charge in [0.1, 0.15) is 5.75 Å². The van der Waals surface area contributed by atoms with Gasteiger partial charge in [-0.3, -0.25) is 0 Å². The van der Waals surface area contributed by atoms with Crippen molar-refractivity contribution in [3.63, 3.8) is 0 Å². The number of rotatable bonds is 6. The average Bonchev–Trinajstić information content (AvgIpc) is 2.48. The first kappa shape index (κ1) is 15.7. The number of benzene rings is 1. The Morgan fingerprint density at radius 3 is 2.60 bits per heavy atom. The molecule has 0 amide bonds. The van der Waals surface area contributed by atoms with Crippen molar-refractivity contribution in [1.29, 1.82) is 0 Å². The van der Waals surface area contributed by atoms with E-state index in [1.54, 1.807) is 7.11 Å². The van der Waals surface area contributed by atoms with Crippen LogP contribution in [0.4, 0.5) is 0 Å². The fraction of sp³-hybridized carbons (Fsp3) is 0.647. The van der Waals surface area contributed by atoms with Gasteiger partial charge in [0.05, 0.1) is 7.11 Å². The third kappa shape index (κ3) is 3.92. The first-order valence-corrected chi connectivity index (χ1v) is 8.81. The standard InChI is InChI=1S/C17H27NOS/c1-14-11-15(7-8-16(14)19-2)12-18-13-17(20-3)9-5-4-6-10-17/h7-8,11,18H,4-6,9-10,12-13H2,1-3H3. The topological polar surface area (TPSA) is 21.3 Å². The van der Waals surface area contributed by atoms with E-state index in [1.807, 2.05) is 0 Å². The third-order valence-electron chi connectivity index (χ3n) is 4.43. The van der Waals surface area contributed by atoms with Crippen molar-refractivity contribution >= 4 is 11.8 Å². The molecule has 2 rings (SSSR count). The van der Waals surface area contributed by atoms with Crippen molar-refractivity contribution < 1.29 is 4.74 Å². The van der Waals surface area contributed by atoms with E-state index in [-0.39, 0.29) is 0 Å². The minimum absolute atomic E-state index is 0.472. The number of thioether (sulfide) groups is 1. The molecule has 1 aliphatic rings. The molecule has 0 radical (unpaired) electrons. The van der Waals surface area contributed by atoms with Gasteiger partial charge in [-0.1, -0.05) is 31.4 Å². The third-order valence-corrected chi connectivity index (χ3v) is 5.85. The van der Waals surface area contributed by atoms with Crippen molar-refractivity contribution in [1.82, 2.24) is 5.32 Å². The summed E-state index contributed by atoms with van der Waals surface area (Å²) in [6.07, 6.45) is 9.20. The molecule has 1 saturated carbocycles. The van der Waals surface area contributed by atoms with Gasteiger partial charge in [-0.05, 0) is 43.2 Å². The molecule has 20 heavy (non-hydrogen) atoms. The second kappa shape index (κ2) is 7.37. The Hall–Kier alpha value is -0.670. The SMILES string of the molecule is COc1ccc(CNCC2(SC)CCCCC2)cc1C. The van der Waals surface area contributed by atoms with Crippen LogP contribution in [0.25, 0.3) is 0 Å². The zero-order valence-corrected chi connectivity index (χ0v) is 13.8. The number of hydrogen-bond acceptors (Lipinski definition) is 3. The van der Waals surface area contributed by atoms with Crippen LogP contribution in [-0.4, -0.2) is 24.7 Å². The summed E-state index contributed by atoms with van der Waals surface area (Å²) in [5.74, 6) is 0.974. The Bertz CT molecular complexity index is 427. The van der Waals surface area contributed by atoms with Crippen LogP contribution in [0.3, 0.4) is 0 Å². The van der Waals surface area contributed by atoms with E-state index in [0.717, 1.165) is 18.8 Å². The van der Waals surface area contributed by atoms with E-state index < -0.39 is 0 Å². The molecular formula is C17H27NOS. The number of methoxy groups -OCH3 is 1. The molecule has 3 heteroatoms. The summed E-state index contributed by atoms with van der Waals surface area (Å²) < 4.78 is 5.78. The number of hydrogen-bond donors (Lipinski definition) is 1. The second-order valence-corrected chi connectivity index (χ2v) is 7.13. The predicted octanol–water partition coefficient (Wildman–Crippen LogP) is 4.16. The van der Waals surface area contributed by atoms with Crippen molar-refractivity contribution in [3.8, 4) is 5.75 Å². The maximum Gasteiger partial charge on any atom is 0.121 e. The molecule has 0 saturated heterocycles. The lowest BCUT2D eigenvalue weighted by Crippen LogP contribution is -2.39. The van der Waals surface area contributed by atoms with Crippen LogP contribution in [0, 0.1) is 6.92 Å². The van der Waals surface area contributed by atoms with Gasteiger partial charge < -0.3 is 10.1 Å². The lowest BCUT2D eigenvalue weighted by molar-refractivity contribution is 0.379. The lowest BCUT2D eigenvalue weighted by atomic mass is 9.88. The fourth-order valence-electron chi connectivity index (χ4n) is 3.13. The Kier molecular flexibility index (Phi) is 5.79. The Morgan fingerprint density at radius 1 is 1.25 bits per heavy atom. The zero-order chi connectivity index (χ0) is 14.4. The van der Waals surface area contributed by atoms with E-state index >= 15 is 0 Å². The summed E-state index contributed by atoms with van der Waals surface area (Å²) in [5, 5.41) is 3.67. The Morgan fingerprint density at radius 2 is 2.00 bits per heavy atom.